The molecule has 3 aliphatic heterocycles. The maximum atomic E-state index is 7.08. The van der Waals surface area contributed by atoms with Gasteiger partial charge in [-0.05, 0) is 251 Å². The van der Waals surface area contributed by atoms with Crippen LogP contribution in [0.3, 0.4) is 0 Å². The fourth-order valence-corrected chi connectivity index (χ4v) is 22.8. The standard InChI is InChI=1S/C50H39S2.C49H43O2.C40H30ClO2.3H/c1-6-17-39(18-7-1)46-33-37(34-47(51-46)40-19-8-2-9-20-40)29-31-44-27-16-28-45(50(44)43-25-14-5-15-26-43)32-30-38-35-48(41-21-10-3-11-22-41)52-49(36-38)42-23-12-4-13-24-42;1-34-28-40(48-44(30-34)42(36-18-8-3-9-19-36)32-46(50-48)38-22-12-5-13-23-38)26-16-7-17-27-41-29-35(2)31-45-43(37-20-10-4-11-21-37)33-47(51-49(41)45)39-24-14-6-15-25-39;41-40-30(22-24-32-26-38(28-12-3-1-4-13-28)42-36-20-9-7-18-34(32)36)16-11-17-31(40)23-25-33-27-39(29-14-5-2-6-15-29)43-37-21-10-8-19-35(33)37;;;/h1-15,17-26,29-36H,16,27-28H2;3-27,32-35H,28-31H2,1-2H3;1-10,12-15,18-27H,11,16-17H2;;;/q3*+1;3*-1/i;;;3*1+2. The highest BCUT2D eigenvalue weighted by Crippen LogP contribution is 2.50. The van der Waals surface area contributed by atoms with Crippen LogP contribution in [0.2, 0.25) is 0 Å². The van der Waals surface area contributed by atoms with Crippen LogP contribution in [-0.2, 0) is 11.2 Å². The molecule has 6 heterocycles. The van der Waals surface area contributed by atoms with Gasteiger partial charge in [0.05, 0.1) is 39.8 Å². The van der Waals surface area contributed by atoms with E-state index in [0.29, 0.717) is 11.8 Å². The Morgan fingerprint density at radius 3 is 1.44 bits per heavy atom. The minimum Gasteiger partial charge on any atom is -1.00 e. The summed E-state index contributed by atoms with van der Waals surface area (Å²) in [7, 11) is 0. The van der Waals surface area contributed by atoms with E-state index in [1.54, 1.807) is 0 Å². The Morgan fingerprint density at radius 1 is 0.349 bits per heavy atom. The summed E-state index contributed by atoms with van der Waals surface area (Å²) in [4.78, 5) is 5.08. The van der Waals surface area contributed by atoms with Gasteiger partial charge in [-0.1, -0.05) is 426 Å². The van der Waals surface area contributed by atoms with E-state index < -0.39 is 0 Å². The minimum absolute atomic E-state index is 0. The Kier molecular flexibility index (Phi) is 30.5. The van der Waals surface area contributed by atoms with Crippen molar-refractivity contribution in [2.45, 2.75) is 78.1 Å². The monoisotopic (exact) mass is 1950 g/mol. The Morgan fingerprint density at radius 2 is 0.836 bits per heavy atom. The lowest BCUT2D eigenvalue weighted by Crippen LogP contribution is -2.16. The van der Waals surface area contributed by atoms with Gasteiger partial charge in [0, 0.05) is 77.6 Å². The molecular formula is C139H115ClO4S2. The number of ether oxygens (including phenoxy) is 2. The van der Waals surface area contributed by atoms with Gasteiger partial charge in [-0.25, -0.2) is 8.83 Å². The average Bonchev–Trinajstić information content (AvgIpc) is 0.764. The van der Waals surface area contributed by atoms with Gasteiger partial charge in [0.1, 0.15) is 23.0 Å². The number of halogens is 1. The Bertz CT molecular complexity index is 7940. The highest BCUT2D eigenvalue weighted by molar-refractivity contribution is 8.16. The predicted octanol–water partition coefficient (Wildman–Crippen LogP) is 39.7. The first kappa shape index (κ1) is 96.0. The number of rotatable bonds is 20. The molecule has 0 fully saturated rings. The van der Waals surface area contributed by atoms with Crippen LogP contribution in [0.5, 0.6) is 5.75 Å². The number of hydrogen-bond acceptors (Lipinski definition) is 3. The molecule has 0 saturated carbocycles. The minimum atomic E-state index is 0. The summed E-state index contributed by atoms with van der Waals surface area (Å²) in [6, 6.07) is 142. The van der Waals surface area contributed by atoms with Crippen molar-refractivity contribution in [3.63, 3.8) is 0 Å². The van der Waals surface area contributed by atoms with Crippen LogP contribution in [0.25, 0.3) is 121 Å². The van der Waals surface area contributed by atoms with E-state index in [-0.39, 0.29) is 4.28 Å². The first-order chi connectivity index (χ1) is 72.1. The number of thioether (sulfide) groups is 1. The normalized spacial score (nSPS) is 17.3. The Balaban J connectivity index is 0.000000145. The van der Waals surface area contributed by atoms with E-state index in [4.69, 9.17) is 29.9 Å². The summed E-state index contributed by atoms with van der Waals surface area (Å²) in [5, 5.41) is 1.91. The van der Waals surface area contributed by atoms with E-state index in [1.807, 2.05) is 95.9 Å². The van der Waals surface area contributed by atoms with Crippen molar-refractivity contribution in [3.05, 3.63) is 609 Å². The van der Waals surface area contributed by atoms with Crippen molar-refractivity contribution in [1.82, 2.24) is 0 Å². The van der Waals surface area contributed by atoms with Crippen molar-refractivity contribution >= 4 is 101 Å². The van der Waals surface area contributed by atoms with Gasteiger partial charge in [0.15, 0.2) is 0 Å². The molecule has 4 nitrogen and oxygen atoms in total. The zero-order valence-corrected chi connectivity index (χ0v) is 84.4. The number of benzene rings is 13. The zero-order chi connectivity index (χ0) is 98.5. The molecule has 2 atom stereocenters. The van der Waals surface area contributed by atoms with Crippen molar-refractivity contribution in [2.24, 2.45) is 11.8 Å². The number of para-hydroxylation sites is 2. The number of allylic oxidation sites excluding steroid dienone is 27. The SMILES string of the molecule is C(/C=C1\CCCC(/C=C/c2cc(-c3ccccc3)[s+]c(-c3ccccc3)c2)=C1c1ccccc1)=C1C=C(c2ccccc2)SC(c2ccccc2)=C1.CC1CC(C=CC=C/C=C2\CC(C)Cc3c(-c4ccccc4)cc(-c4ccccc4)[o+]c32)=C2OC(c3ccccc3)=CC(c3ccccc3)=C2C1.ClC1=C(/C=C/c2cc(-c3ccccc3)[o+]c3ccccc23)CCC/C1=C\C=C1\C=C(c2ccccc2)Oc2ccccc21.[3H-].[3H-].[3H-]. The van der Waals surface area contributed by atoms with Crippen LogP contribution in [-0.4, -0.2) is 0 Å². The molecule has 4 aliphatic carbocycles. The van der Waals surface area contributed by atoms with E-state index in [0.717, 1.165) is 171 Å². The molecule has 0 saturated heterocycles. The van der Waals surface area contributed by atoms with Crippen molar-refractivity contribution in [1.29, 1.82) is 0 Å². The van der Waals surface area contributed by atoms with Crippen LogP contribution in [0.15, 0.2) is 556 Å². The van der Waals surface area contributed by atoms with Crippen LogP contribution >= 0.6 is 34.7 Å². The fourth-order valence-electron chi connectivity index (χ4n) is 20.2. The molecule has 0 radical (unpaired) electrons. The summed E-state index contributed by atoms with van der Waals surface area (Å²) >= 11 is 10.8. The van der Waals surface area contributed by atoms with E-state index in [1.165, 1.54) is 120 Å². The van der Waals surface area contributed by atoms with Gasteiger partial charge in [-0.3, -0.25) is 0 Å². The molecule has 16 aromatic rings. The molecule has 13 aromatic carbocycles. The second-order valence-corrected chi connectivity index (χ2v) is 40.4. The third-order valence-corrected chi connectivity index (χ3v) is 30.2. The maximum Gasteiger partial charge on any atom is 0.361 e. The van der Waals surface area contributed by atoms with Crippen LogP contribution in [0, 0.1) is 11.8 Å². The van der Waals surface area contributed by atoms with Gasteiger partial charge in [-0.15, -0.1) is 0 Å². The third kappa shape index (κ3) is 23.2. The second-order valence-electron chi connectivity index (χ2n) is 37.9. The van der Waals surface area contributed by atoms with E-state index >= 15 is 0 Å². The molecule has 2 unspecified atom stereocenters. The molecule has 0 spiro atoms. The molecule has 23 rings (SSSR count). The lowest BCUT2D eigenvalue weighted by molar-refractivity contribution is 0.358. The molecule has 714 valence electrons. The summed E-state index contributed by atoms with van der Waals surface area (Å²) < 4.78 is 26.1. The molecule has 7 aliphatic rings. The molecule has 0 bridgehead atoms. The van der Waals surface area contributed by atoms with Crippen LogP contribution in [0.1, 0.15) is 137 Å². The molecule has 0 amide bonds. The number of fused-ring (bicyclic) bond motifs is 4. The topological polar surface area (TPSA) is 41.1 Å². The second kappa shape index (κ2) is 46.5. The van der Waals surface area contributed by atoms with Crippen molar-refractivity contribution < 1.29 is 22.6 Å². The van der Waals surface area contributed by atoms with Gasteiger partial charge in [0.25, 0.3) is 0 Å². The lowest BCUT2D eigenvalue weighted by atomic mass is 9.80. The van der Waals surface area contributed by atoms with Crippen molar-refractivity contribution in [3.8, 4) is 60.4 Å². The van der Waals surface area contributed by atoms with Crippen molar-refractivity contribution in [2.75, 3.05) is 0 Å². The third-order valence-electron chi connectivity index (χ3n) is 27.4. The lowest BCUT2D eigenvalue weighted by Gasteiger charge is -2.32. The summed E-state index contributed by atoms with van der Waals surface area (Å²) in [6.07, 6.45) is 48.2. The maximum absolute atomic E-state index is 7.08. The van der Waals surface area contributed by atoms with Crippen LogP contribution < -0.4 is 4.74 Å². The first-order valence-electron chi connectivity index (χ1n) is 50.8. The highest BCUT2D eigenvalue weighted by Gasteiger charge is 2.36. The Hall–Kier alpha value is -16.2. The summed E-state index contributed by atoms with van der Waals surface area (Å²) in [5.41, 5.74) is 33.6. The first-order valence-corrected chi connectivity index (χ1v) is 52.9. The smallest absolute Gasteiger partial charge is 0.361 e. The van der Waals surface area contributed by atoms with Crippen LogP contribution in [0.4, 0.5) is 0 Å². The quantitative estimate of drug-likeness (QED) is 0.0562. The molecular weight excluding hydrogens is 1830 g/mol. The molecule has 3 aromatic heterocycles. The summed E-state index contributed by atoms with van der Waals surface area (Å²) in [5.74, 6) is 7.38. The zero-order valence-electron chi connectivity index (χ0n) is 85.1. The van der Waals surface area contributed by atoms with Gasteiger partial charge < -0.3 is 13.8 Å². The Labute approximate surface area is 876 Å². The highest BCUT2D eigenvalue weighted by atomic mass is 35.5. The molecule has 0 N–H and O–H groups in total. The fraction of sp³-hybridized carbons (Fsp3) is 0.101. The predicted molar refractivity (Wildman–Crippen MR) is 623 cm³/mol. The van der Waals surface area contributed by atoms with E-state index in [9.17, 15) is 0 Å². The van der Waals surface area contributed by atoms with Gasteiger partial charge in [-0.2, -0.15) is 0 Å². The number of hydrogen-bond donors (Lipinski definition) is 0. The molecule has 146 heavy (non-hydrogen) atoms. The average molecular weight is 1960 g/mol. The largest absolute Gasteiger partial charge is 1.00 e. The van der Waals surface area contributed by atoms with E-state index in [2.05, 4.69) is 451 Å². The van der Waals surface area contributed by atoms with Gasteiger partial charge >= 0.3 is 22.9 Å². The molecule has 7 heteroatoms. The summed E-state index contributed by atoms with van der Waals surface area (Å²) in [6.45, 7) is 4.69. The van der Waals surface area contributed by atoms with Gasteiger partial charge in [0.2, 0.25) is 21.1 Å².